The summed E-state index contributed by atoms with van der Waals surface area (Å²) < 4.78 is 54.2. The monoisotopic (exact) mass is 332 g/mol. The first-order chi connectivity index (χ1) is 10.3. The molecule has 1 aromatic carbocycles. The number of aromatic nitrogens is 2. The number of imidazole rings is 1. The number of halogens is 3. The maximum Gasteiger partial charge on any atom is 0.573 e. The number of hydrogen-bond acceptors (Lipinski definition) is 3. The topological polar surface area (TPSA) is 44.1 Å². The van der Waals surface area contributed by atoms with Crippen LogP contribution in [0.3, 0.4) is 0 Å². The van der Waals surface area contributed by atoms with Crippen LogP contribution in [-0.2, 0) is 23.6 Å². The Morgan fingerprint density at radius 3 is 2.45 bits per heavy atom. The molecule has 0 fully saturated rings. The molecule has 0 saturated carbocycles. The van der Waals surface area contributed by atoms with E-state index in [-0.39, 0.29) is 16.8 Å². The maximum absolute atomic E-state index is 12.3. The third kappa shape index (κ3) is 4.33. The maximum atomic E-state index is 12.3. The summed E-state index contributed by atoms with van der Waals surface area (Å²) in [6, 6.07) is 5.42. The molecule has 4 nitrogen and oxygen atoms in total. The van der Waals surface area contributed by atoms with Crippen molar-refractivity contribution in [1.82, 2.24) is 9.55 Å². The van der Waals surface area contributed by atoms with Crippen molar-refractivity contribution >= 4 is 10.8 Å². The first-order valence-electron chi connectivity index (χ1n) is 6.45. The predicted molar refractivity (Wildman–Crippen MR) is 76.6 cm³/mol. The molecular weight excluding hydrogens is 317 g/mol. The fourth-order valence-corrected chi connectivity index (χ4v) is 3.12. The molecule has 8 heteroatoms. The molecule has 0 spiro atoms. The second-order valence-corrected chi connectivity index (χ2v) is 6.50. The average molecular weight is 332 g/mol. The molecule has 0 aliphatic heterocycles. The lowest BCUT2D eigenvalue weighted by Crippen LogP contribution is -2.17. The highest BCUT2D eigenvalue weighted by Crippen LogP contribution is 2.27. The van der Waals surface area contributed by atoms with Crippen molar-refractivity contribution in [1.29, 1.82) is 0 Å². The Kier molecular flexibility index (Phi) is 4.90. The molecule has 0 bridgehead atoms. The van der Waals surface area contributed by atoms with E-state index in [1.54, 1.807) is 23.9 Å². The minimum Gasteiger partial charge on any atom is -0.406 e. The smallest absolute Gasteiger partial charge is 0.406 e. The summed E-state index contributed by atoms with van der Waals surface area (Å²) in [7, 11) is 0.586. The van der Waals surface area contributed by atoms with Crippen molar-refractivity contribution in [3.8, 4) is 5.75 Å². The molecule has 0 amide bonds. The van der Waals surface area contributed by atoms with Gasteiger partial charge in [-0.25, -0.2) is 4.98 Å². The standard InChI is InChI=1S/C14H15F3N2O2S/c1-10(22(20)9-13-18-7-8-19(13)2)11-3-5-12(6-4-11)21-14(15,16)17/h3-8,10H,9H2,1-2H3/t10-,22+/m1/s1. The quantitative estimate of drug-likeness (QED) is 0.843. The van der Waals surface area contributed by atoms with Crippen molar-refractivity contribution in [2.75, 3.05) is 0 Å². The number of aryl methyl sites for hydroxylation is 1. The van der Waals surface area contributed by atoms with Crippen molar-refractivity contribution in [3.63, 3.8) is 0 Å². The van der Waals surface area contributed by atoms with Crippen LogP contribution in [-0.4, -0.2) is 20.1 Å². The van der Waals surface area contributed by atoms with Crippen molar-refractivity contribution < 1.29 is 22.1 Å². The lowest BCUT2D eigenvalue weighted by atomic mass is 10.2. The van der Waals surface area contributed by atoms with Crippen molar-refractivity contribution in [2.45, 2.75) is 24.3 Å². The molecule has 1 aromatic heterocycles. The van der Waals surface area contributed by atoms with E-state index in [0.717, 1.165) is 0 Å². The minimum atomic E-state index is -4.71. The molecule has 2 atom stereocenters. The highest BCUT2D eigenvalue weighted by molar-refractivity contribution is 7.84. The van der Waals surface area contributed by atoms with Crippen LogP contribution in [0.5, 0.6) is 5.75 Å². The van der Waals surface area contributed by atoms with Crippen molar-refractivity contribution in [2.24, 2.45) is 7.05 Å². The minimum absolute atomic E-state index is 0.283. The van der Waals surface area contributed by atoms with Gasteiger partial charge in [0.2, 0.25) is 0 Å². The van der Waals surface area contributed by atoms with E-state index in [1.165, 1.54) is 24.3 Å². The van der Waals surface area contributed by atoms with Crippen LogP contribution in [0.15, 0.2) is 36.7 Å². The van der Waals surface area contributed by atoms with Crippen LogP contribution in [0, 0.1) is 0 Å². The zero-order valence-electron chi connectivity index (χ0n) is 12.0. The molecule has 2 aromatic rings. The summed E-state index contributed by atoms with van der Waals surface area (Å²) in [5, 5.41) is -0.323. The fourth-order valence-electron chi connectivity index (χ4n) is 1.88. The third-order valence-corrected chi connectivity index (χ3v) is 4.77. The first-order valence-corrected chi connectivity index (χ1v) is 7.83. The van der Waals surface area contributed by atoms with Gasteiger partial charge < -0.3 is 9.30 Å². The van der Waals surface area contributed by atoms with Gasteiger partial charge in [-0.05, 0) is 24.6 Å². The molecule has 22 heavy (non-hydrogen) atoms. The molecule has 0 saturated heterocycles. The number of alkyl halides is 3. The predicted octanol–water partition coefficient (Wildman–Crippen LogP) is 3.33. The molecule has 0 unspecified atom stereocenters. The summed E-state index contributed by atoms with van der Waals surface area (Å²) in [4.78, 5) is 4.11. The van der Waals surface area contributed by atoms with Crippen LogP contribution >= 0.6 is 0 Å². The van der Waals surface area contributed by atoms with Gasteiger partial charge in [-0.3, -0.25) is 4.21 Å². The zero-order chi connectivity index (χ0) is 16.3. The lowest BCUT2D eigenvalue weighted by Gasteiger charge is -2.13. The van der Waals surface area contributed by atoms with Gasteiger partial charge in [-0.1, -0.05) is 12.1 Å². The Balaban J connectivity index is 2.04. The summed E-state index contributed by atoms with van der Waals surface area (Å²) >= 11 is 0. The molecule has 0 aliphatic carbocycles. The Hall–Kier alpha value is -1.83. The Morgan fingerprint density at radius 2 is 1.95 bits per heavy atom. The van der Waals surface area contributed by atoms with E-state index in [0.29, 0.717) is 11.4 Å². The molecular formula is C14H15F3N2O2S. The largest absolute Gasteiger partial charge is 0.573 e. The number of hydrogen-bond donors (Lipinski definition) is 0. The van der Waals surface area contributed by atoms with Gasteiger partial charge in [0.1, 0.15) is 11.6 Å². The SMILES string of the molecule is C[C@H](c1ccc(OC(F)(F)F)cc1)[S@@](=O)Cc1nccn1C. The summed E-state index contributed by atoms with van der Waals surface area (Å²) in [6.07, 6.45) is -1.32. The van der Waals surface area contributed by atoms with Crippen LogP contribution in [0.2, 0.25) is 0 Å². The van der Waals surface area contributed by atoms with Gasteiger partial charge in [-0.15, -0.1) is 13.2 Å². The van der Waals surface area contributed by atoms with Gasteiger partial charge >= 0.3 is 6.36 Å². The number of ether oxygens (including phenoxy) is 1. The van der Waals surface area contributed by atoms with Crippen LogP contribution in [0.1, 0.15) is 23.6 Å². The van der Waals surface area contributed by atoms with Crippen LogP contribution < -0.4 is 4.74 Å². The molecule has 120 valence electrons. The second kappa shape index (κ2) is 6.51. The molecule has 0 N–H and O–H groups in total. The number of nitrogens with zero attached hydrogens (tertiary/aromatic N) is 2. The van der Waals surface area contributed by atoms with Gasteiger partial charge in [0.25, 0.3) is 0 Å². The van der Waals surface area contributed by atoms with Gasteiger partial charge in [0.15, 0.2) is 0 Å². The summed E-state index contributed by atoms with van der Waals surface area (Å²) in [5.41, 5.74) is 0.682. The number of rotatable bonds is 5. The first kappa shape index (κ1) is 16.5. The zero-order valence-corrected chi connectivity index (χ0v) is 12.8. The van der Waals surface area contributed by atoms with E-state index < -0.39 is 17.2 Å². The summed E-state index contributed by atoms with van der Waals surface area (Å²) in [6.45, 7) is 1.76. The molecule has 0 aliphatic rings. The molecule has 2 rings (SSSR count). The van der Waals surface area contributed by atoms with E-state index in [4.69, 9.17) is 0 Å². The van der Waals surface area contributed by atoms with E-state index in [9.17, 15) is 17.4 Å². The Morgan fingerprint density at radius 1 is 1.32 bits per heavy atom. The highest BCUT2D eigenvalue weighted by Gasteiger charge is 2.31. The Bertz CT molecular complexity index is 653. The Labute approximate surface area is 128 Å². The van der Waals surface area contributed by atoms with E-state index >= 15 is 0 Å². The average Bonchev–Trinajstić information content (AvgIpc) is 2.82. The van der Waals surface area contributed by atoms with E-state index in [2.05, 4.69) is 9.72 Å². The second-order valence-electron chi connectivity index (χ2n) is 4.74. The normalized spacial score (nSPS) is 14.6. The lowest BCUT2D eigenvalue weighted by molar-refractivity contribution is -0.274. The third-order valence-electron chi connectivity index (χ3n) is 3.17. The molecule has 0 radical (unpaired) electrons. The van der Waals surface area contributed by atoms with Gasteiger partial charge in [0.05, 0.1) is 11.0 Å². The fraction of sp³-hybridized carbons (Fsp3) is 0.357. The highest BCUT2D eigenvalue weighted by atomic mass is 32.2. The van der Waals surface area contributed by atoms with Crippen LogP contribution in [0.25, 0.3) is 0 Å². The molecule has 1 heterocycles. The van der Waals surface area contributed by atoms with Crippen molar-refractivity contribution in [3.05, 3.63) is 48.0 Å². The van der Waals surface area contributed by atoms with E-state index in [1.807, 2.05) is 7.05 Å². The number of benzene rings is 1. The van der Waals surface area contributed by atoms with Crippen LogP contribution in [0.4, 0.5) is 13.2 Å². The van der Waals surface area contributed by atoms with Gasteiger partial charge in [0, 0.05) is 30.2 Å². The van der Waals surface area contributed by atoms with Gasteiger partial charge in [-0.2, -0.15) is 0 Å². The summed E-state index contributed by atoms with van der Waals surface area (Å²) in [5.74, 6) is 0.686.